The van der Waals surface area contributed by atoms with Crippen molar-refractivity contribution in [1.82, 2.24) is 0 Å². The Bertz CT molecular complexity index is 649. The van der Waals surface area contributed by atoms with Gasteiger partial charge in [0, 0.05) is 5.92 Å². The monoisotopic (exact) mass is 302 g/mol. The molecule has 5 heteroatoms. The lowest BCUT2D eigenvalue weighted by molar-refractivity contribution is 0.0842. The van der Waals surface area contributed by atoms with Crippen molar-refractivity contribution in [3.8, 4) is 17.2 Å². The Morgan fingerprint density at radius 1 is 0.909 bits per heavy atom. The van der Waals surface area contributed by atoms with Gasteiger partial charge in [-0.15, -0.1) is 0 Å². The first kappa shape index (κ1) is 15.9. The molecular formula is C17H18O5. The van der Waals surface area contributed by atoms with Crippen molar-refractivity contribution in [3.63, 3.8) is 0 Å². The molecule has 0 amide bonds. The van der Waals surface area contributed by atoms with E-state index in [9.17, 15) is 25.5 Å². The number of hydrogen-bond acceptors (Lipinski definition) is 5. The van der Waals surface area contributed by atoms with Gasteiger partial charge in [0.2, 0.25) is 0 Å². The van der Waals surface area contributed by atoms with E-state index >= 15 is 0 Å². The number of aliphatic hydroxyl groups is 2. The van der Waals surface area contributed by atoms with Gasteiger partial charge in [-0.3, -0.25) is 0 Å². The summed E-state index contributed by atoms with van der Waals surface area (Å²) < 4.78 is 0. The van der Waals surface area contributed by atoms with Crippen molar-refractivity contribution >= 4 is 6.08 Å². The minimum Gasteiger partial charge on any atom is -0.508 e. The van der Waals surface area contributed by atoms with E-state index in [4.69, 9.17) is 0 Å². The first-order valence-corrected chi connectivity index (χ1v) is 6.79. The maximum absolute atomic E-state index is 9.97. The standard InChI is InChI=1S/C17H18O5/c18-10-17(22)14(12-4-8-15(20)16(21)9-12)7-3-11-1-5-13(19)6-2-11/h1-9,14,17-22H,10H2/t14-,17-/m1/s1. The first-order chi connectivity index (χ1) is 10.5. The van der Waals surface area contributed by atoms with E-state index in [-0.39, 0.29) is 17.2 Å². The highest BCUT2D eigenvalue weighted by Crippen LogP contribution is 2.31. The lowest BCUT2D eigenvalue weighted by Crippen LogP contribution is -2.20. The van der Waals surface area contributed by atoms with Gasteiger partial charge in [-0.1, -0.05) is 30.4 Å². The number of rotatable bonds is 5. The summed E-state index contributed by atoms with van der Waals surface area (Å²) in [7, 11) is 0. The molecule has 0 aliphatic carbocycles. The van der Waals surface area contributed by atoms with Crippen LogP contribution in [0.1, 0.15) is 17.0 Å². The van der Waals surface area contributed by atoms with Crippen LogP contribution in [0.15, 0.2) is 48.5 Å². The molecule has 0 aliphatic rings. The van der Waals surface area contributed by atoms with E-state index in [1.807, 2.05) is 0 Å². The molecule has 0 heterocycles. The molecule has 2 rings (SSSR count). The number of phenolic OH excluding ortho intramolecular Hbond substituents is 3. The maximum Gasteiger partial charge on any atom is 0.157 e. The predicted octanol–water partition coefficient (Wildman–Crippen LogP) is 1.95. The fourth-order valence-electron chi connectivity index (χ4n) is 2.12. The summed E-state index contributed by atoms with van der Waals surface area (Å²) in [4.78, 5) is 0. The molecule has 0 saturated heterocycles. The maximum atomic E-state index is 9.97. The van der Waals surface area contributed by atoms with Crippen molar-refractivity contribution in [3.05, 3.63) is 59.7 Å². The van der Waals surface area contributed by atoms with Gasteiger partial charge in [-0.2, -0.15) is 0 Å². The van der Waals surface area contributed by atoms with Crippen LogP contribution in [-0.4, -0.2) is 38.2 Å². The van der Waals surface area contributed by atoms with Crippen LogP contribution in [0.4, 0.5) is 0 Å². The third-order valence-electron chi connectivity index (χ3n) is 3.38. The number of aliphatic hydroxyl groups excluding tert-OH is 2. The zero-order valence-electron chi connectivity index (χ0n) is 11.8. The van der Waals surface area contributed by atoms with Gasteiger partial charge in [0.15, 0.2) is 11.5 Å². The van der Waals surface area contributed by atoms with Crippen LogP contribution in [0.3, 0.4) is 0 Å². The first-order valence-electron chi connectivity index (χ1n) is 6.79. The molecule has 116 valence electrons. The highest BCUT2D eigenvalue weighted by atomic mass is 16.3. The van der Waals surface area contributed by atoms with Crippen LogP contribution >= 0.6 is 0 Å². The van der Waals surface area contributed by atoms with Gasteiger partial charge < -0.3 is 25.5 Å². The lowest BCUT2D eigenvalue weighted by Gasteiger charge is -2.19. The summed E-state index contributed by atoms with van der Waals surface area (Å²) in [6.45, 7) is -0.438. The van der Waals surface area contributed by atoms with Crippen LogP contribution in [0.5, 0.6) is 17.2 Å². The van der Waals surface area contributed by atoms with Gasteiger partial charge in [0.05, 0.1) is 12.7 Å². The number of aromatic hydroxyl groups is 3. The Morgan fingerprint density at radius 3 is 2.18 bits per heavy atom. The molecule has 5 nitrogen and oxygen atoms in total. The molecule has 5 N–H and O–H groups in total. The number of phenols is 3. The average Bonchev–Trinajstić information content (AvgIpc) is 2.52. The van der Waals surface area contributed by atoms with Crippen LogP contribution < -0.4 is 0 Å². The third-order valence-corrected chi connectivity index (χ3v) is 3.38. The quantitative estimate of drug-likeness (QED) is 0.543. The molecule has 0 bridgehead atoms. The Labute approximate surface area is 128 Å². The third kappa shape index (κ3) is 3.78. The highest BCUT2D eigenvalue weighted by Gasteiger charge is 2.19. The predicted molar refractivity (Wildman–Crippen MR) is 82.7 cm³/mol. The molecular weight excluding hydrogens is 284 g/mol. The topological polar surface area (TPSA) is 101 Å². The van der Waals surface area contributed by atoms with Crippen molar-refractivity contribution in [2.75, 3.05) is 6.61 Å². The largest absolute Gasteiger partial charge is 0.508 e. The molecule has 0 aliphatic heterocycles. The molecule has 0 fully saturated rings. The second kappa shape index (κ2) is 6.98. The van der Waals surface area contributed by atoms with E-state index in [1.54, 1.807) is 42.5 Å². The SMILES string of the molecule is OC[C@@H](O)[C@H](C=Cc1ccc(O)cc1)c1ccc(O)c(O)c1. The Morgan fingerprint density at radius 2 is 1.59 bits per heavy atom. The zero-order chi connectivity index (χ0) is 16.1. The molecule has 2 atom stereocenters. The summed E-state index contributed by atoms with van der Waals surface area (Å²) in [5.74, 6) is -0.924. The van der Waals surface area contributed by atoms with E-state index < -0.39 is 18.6 Å². The van der Waals surface area contributed by atoms with Gasteiger partial charge in [-0.25, -0.2) is 0 Å². The van der Waals surface area contributed by atoms with E-state index in [2.05, 4.69) is 0 Å². The average molecular weight is 302 g/mol. The van der Waals surface area contributed by atoms with Gasteiger partial charge in [0.1, 0.15) is 5.75 Å². The minimum atomic E-state index is -1.04. The van der Waals surface area contributed by atoms with Crippen LogP contribution in [-0.2, 0) is 0 Å². The second-order valence-corrected chi connectivity index (χ2v) is 4.97. The van der Waals surface area contributed by atoms with Crippen LogP contribution in [0.2, 0.25) is 0 Å². The van der Waals surface area contributed by atoms with Crippen molar-refractivity contribution in [2.45, 2.75) is 12.0 Å². The van der Waals surface area contributed by atoms with Crippen molar-refractivity contribution < 1.29 is 25.5 Å². The Hall–Kier alpha value is -2.50. The Balaban J connectivity index is 2.29. The summed E-state index contributed by atoms with van der Waals surface area (Å²) in [6.07, 6.45) is 2.39. The van der Waals surface area contributed by atoms with Crippen molar-refractivity contribution in [1.29, 1.82) is 0 Å². The number of hydrogen-bond donors (Lipinski definition) is 5. The summed E-state index contributed by atoms with van der Waals surface area (Å²) in [5, 5.41) is 47.3. The zero-order valence-corrected chi connectivity index (χ0v) is 11.8. The normalized spacial score (nSPS) is 14.1. The fourth-order valence-corrected chi connectivity index (χ4v) is 2.12. The smallest absolute Gasteiger partial charge is 0.157 e. The molecule has 0 spiro atoms. The van der Waals surface area contributed by atoms with Crippen LogP contribution in [0.25, 0.3) is 6.08 Å². The molecule has 2 aromatic rings. The summed E-state index contributed by atoms with van der Waals surface area (Å²) in [5.41, 5.74) is 1.38. The van der Waals surface area contributed by atoms with Crippen LogP contribution in [0, 0.1) is 0 Å². The van der Waals surface area contributed by atoms with Gasteiger partial charge >= 0.3 is 0 Å². The van der Waals surface area contributed by atoms with Gasteiger partial charge in [-0.05, 0) is 35.4 Å². The van der Waals surface area contributed by atoms with Crippen molar-refractivity contribution in [2.24, 2.45) is 0 Å². The van der Waals surface area contributed by atoms with E-state index in [1.165, 1.54) is 12.1 Å². The molecule has 0 saturated carbocycles. The summed E-state index contributed by atoms with van der Waals surface area (Å²) >= 11 is 0. The van der Waals surface area contributed by atoms with Gasteiger partial charge in [0.25, 0.3) is 0 Å². The minimum absolute atomic E-state index is 0.160. The summed E-state index contributed by atoms with van der Waals surface area (Å²) in [6, 6.07) is 10.8. The molecule has 0 aromatic heterocycles. The Kier molecular flexibility index (Phi) is 5.04. The molecule has 0 unspecified atom stereocenters. The molecule has 22 heavy (non-hydrogen) atoms. The van der Waals surface area contributed by atoms with E-state index in [0.717, 1.165) is 5.56 Å². The second-order valence-electron chi connectivity index (χ2n) is 4.97. The molecule has 0 radical (unpaired) electrons. The lowest BCUT2D eigenvalue weighted by atomic mass is 9.92. The number of benzene rings is 2. The highest BCUT2D eigenvalue weighted by molar-refractivity contribution is 5.53. The molecule has 2 aromatic carbocycles. The fraction of sp³-hybridized carbons (Fsp3) is 0.176. The van der Waals surface area contributed by atoms with E-state index in [0.29, 0.717) is 5.56 Å².